The lowest BCUT2D eigenvalue weighted by Gasteiger charge is -2.20. The number of carbonyl (C=O) groups is 1. The van der Waals surface area contributed by atoms with Gasteiger partial charge in [0.05, 0.1) is 36.9 Å². The second kappa shape index (κ2) is 13.6. The molecule has 4 aliphatic heterocycles. The predicted octanol–water partition coefficient (Wildman–Crippen LogP) is 6.06. The van der Waals surface area contributed by atoms with Crippen LogP contribution in [0.1, 0.15) is 34.8 Å². The summed E-state index contributed by atoms with van der Waals surface area (Å²) in [6.45, 7) is 3.90. The molecule has 8 rings (SSSR count). The number of aryl methyl sites for hydroxylation is 1. The highest BCUT2D eigenvalue weighted by Crippen LogP contribution is 2.40. The maximum Gasteiger partial charge on any atom is 0.421 e. The van der Waals surface area contributed by atoms with Gasteiger partial charge in [-0.15, -0.1) is 0 Å². The van der Waals surface area contributed by atoms with Crippen molar-refractivity contribution < 1.29 is 27.2 Å². The molecular formula is C29H32F3N8O3P. The largest absolute Gasteiger partial charge is 0.495 e. The first-order valence-corrected chi connectivity index (χ1v) is 15.3. The number of methoxy groups -OCH3 is 1. The first-order chi connectivity index (χ1) is 21.2. The van der Waals surface area contributed by atoms with Crippen LogP contribution in [0.2, 0.25) is 0 Å². The molecule has 232 valence electrons. The number of benzene rings is 2. The molecule has 0 saturated carbocycles. The number of hydrogen-bond donors (Lipinski definition) is 4. The van der Waals surface area contributed by atoms with E-state index in [1.54, 1.807) is 29.1 Å². The first kappa shape index (κ1) is 31.2. The molecule has 4 N–H and O–H groups in total. The molecule has 0 spiro atoms. The number of alkyl halides is 3. The molecule has 8 bridgehead atoms. The van der Waals surface area contributed by atoms with Gasteiger partial charge >= 0.3 is 6.18 Å². The van der Waals surface area contributed by atoms with Crippen LogP contribution in [0.15, 0.2) is 55.0 Å². The SMILES string of the molecule is CCNP1Cc2ccc(c(OC)c2)Nc2ncc(C(F)(F)F)c(n2)Nc2ccc(cc2C(=O)NC)-c2cnn(c2)CCCO1. The van der Waals surface area contributed by atoms with Gasteiger partial charge in [-0.1, -0.05) is 19.1 Å². The molecule has 11 nitrogen and oxygen atoms in total. The second-order valence-electron chi connectivity index (χ2n) is 9.80. The topological polar surface area (TPSA) is 127 Å². The summed E-state index contributed by atoms with van der Waals surface area (Å²) in [5.74, 6) is -0.651. The molecule has 0 fully saturated rings. The van der Waals surface area contributed by atoms with E-state index in [1.807, 2.05) is 25.3 Å². The zero-order valence-electron chi connectivity index (χ0n) is 24.3. The van der Waals surface area contributed by atoms with Gasteiger partial charge in [0, 0.05) is 37.7 Å². The highest BCUT2D eigenvalue weighted by atomic mass is 31.2. The number of anilines is 4. The number of hydrogen-bond acceptors (Lipinski definition) is 9. The van der Waals surface area contributed by atoms with Crippen LogP contribution < -0.4 is 25.8 Å². The maximum atomic E-state index is 14.0. The van der Waals surface area contributed by atoms with Crippen LogP contribution >= 0.6 is 8.30 Å². The Hall–Kier alpha value is -4.26. The minimum atomic E-state index is -4.76. The van der Waals surface area contributed by atoms with E-state index in [-0.39, 0.29) is 17.2 Å². The minimum Gasteiger partial charge on any atom is -0.495 e. The zero-order chi connectivity index (χ0) is 31.3. The summed E-state index contributed by atoms with van der Waals surface area (Å²) < 4.78 is 55.7. The van der Waals surface area contributed by atoms with Crippen molar-refractivity contribution >= 4 is 37.3 Å². The fraction of sp³-hybridized carbons (Fsp3) is 0.310. The van der Waals surface area contributed by atoms with Crippen molar-refractivity contribution in [2.24, 2.45) is 0 Å². The van der Waals surface area contributed by atoms with Crippen molar-refractivity contribution in [3.8, 4) is 16.9 Å². The molecule has 1 amide bonds. The fourth-order valence-corrected chi connectivity index (χ4v) is 6.14. The van der Waals surface area contributed by atoms with Gasteiger partial charge in [0.1, 0.15) is 25.4 Å². The number of amides is 1. The lowest BCUT2D eigenvalue weighted by Crippen LogP contribution is -2.20. The number of nitrogens with one attached hydrogen (secondary N) is 4. The van der Waals surface area contributed by atoms with E-state index in [4.69, 9.17) is 9.26 Å². The first-order valence-electron chi connectivity index (χ1n) is 13.9. The van der Waals surface area contributed by atoms with Gasteiger partial charge in [0.25, 0.3) is 5.91 Å². The van der Waals surface area contributed by atoms with Crippen LogP contribution in [0.25, 0.3) is 11.1 Å². The molecule has 44 heavy (non-hydrogen) atoms. The summed E-state index contributed by atoms with van der Waals surface area (Å²) >= 11 is 0. The van der Waals surface area contributed by atoms with Crippen LogP contribution in [0.3, 0.4) is 0 Å². The maximum absolute atomic E-state index is 14.0. The third kappa shape index (κ3) is 7.26. The van der Waals surface area contributed by atoms with Gasteiger partial charge in [-0.25, -0.2) is 4.98 Å². The lowest BCUT2D eigenvalue weighted by atomic mass is 10.0. The van der Waals surface area contributed by atoms with Gasteiger partial charge in [0.2, 0.25) is 5.95 Å². The predicted molar refractivity (Wildman–Crippen MR) is 163 cm³/mol. The quantitative estimate of drug-likeness (QED) is 0.200. The Labute approximate surface area is 253 Å². The van der Waals surface area contributed by atoms with E-state index < -0.39 is 31.8 Å². The normalized spacial score (nSPS) is 15.5. The van der Waals surface area contributed by atoms with Crippen molar-refractivity contribution in [3.05, 3.63) is 71.7 Å². The van der Waals surface area contributed by atoms with Crippen LogP contribution in [-0.4, -0.2) is 53.0 Å². The number of nitrogens with zero attached hydrogens (tertiary/aromatic N) is 4. The Morgan fingerprint density at radius 2 is 1.95 bits per heavy atom. The number of ether oxygens (including phenoxy) is 1. The Morgan fingerprint density at radius 3 is 2.70 bits per heavy atom. The van der Waals surface area contributed by atoms with Gasteiger partial charge in [-0.2, -0.15) is 23.3 Å². The van der Waals surface area contributed by atoms with Crippen molar-refractivity contribution in [1.82, 2.24) is 30.2 Å². The van der Waals surface area contributed by atoms with Gasteiger partial charge in [-0.05, 0) is 48.4 Å². The Bertz CT molecular complexity index is 1630. The molecule has 2 aromatic carbocycles. The average Bonchev–Trinajstić information content (AvgIpc) is 3.48. The Kier molecular flexibility index (Phi) is 9.62. The van der Waals surface area contributed by atoms with Gasteiger partial charge in [-0.3, -0.25) is 14.6 Å². The highest BCUT2D eigenvalue weighted by Gasteiger charge is 2.36. The summed E-state index contributed by atoms with van der Waals surface area (Å²) in [6, 6.07) is 10.3. The van der Waals surface area contributed by atoms with Gasteiger partial charge < -0.3 is 25.2 Å². The summed E-state index contributed by atoms with van der Waals surface area (Å²) in [5, 5.41) is 16.1. The van der Waals surface area contributed by atoms with Gasteiger partial charge in [0.15, 0.2) is 0 Å². The van der Waals surface area contributed by atoms with E-state index in [9.17, 15) is 18.0 Å². The number of carbonyl (C=O) groups excluding carboxylic acids is 1. The molecule has 1 unspecified atom stereocenters. The van der Waals surface area contributed by atoms with Crippen molar-refractivity contribution in [2.45, 2.75) is 32.2 Å². The van der Waals surface area contributed by atoms with Crippen LogP contribution in [0.5, 0.6) is 5.75 Å². The molecule has 4 aromatic rings. The Morgan fingerprint density at radius 1 is 1.14 bits per heavy atom. The second-order valence-corrected chi connectivity index (χ2v) is 11.5. The molecular weight excluding hydrogens is 596 g/mol. The van der Waals surface area contributed by atoms with E-state index in [0.717, 1.165) is 24.1 Å². The van der Waals surface area contributed by atoms with E-state index in [2.05, 4.69) is 36.1 Å². The zero-order valence-corrected chi connectivity index (χ0v) is 25.2. The van der Waals surface area contributed by atoms with E-state index >= 15 is 0 Å². The molecule has 2 aromatic heterocycles. The van der Waals surface area contributed by atoms with E-state index in [0.29, 0.717) is 42.5 Å². The molecule has 6 heterocycles. The molecule has 1 atom stereocenters. The van der Waals surface area contributed by atoms with Crippen LogP contribution in [0.4, 0.5) is 36.3 Å². The van der Waals surface area contributed by atoms with E-state index in [1.165, 1.54) is 20.2 Å². The van der Waals surface area contributed by atoms with Crippen molar-refractivity contribution in [2.75, 3.05) is 37.9 Å². The molecule has 0 saturated heterocycles. The summed E-state index contributed by atoms with van der Waals surface area (Å²) in [7, 11) is 1.97. The molecule has 4 aliphatic rings. The monoisotopic (exact) mass is 628 g/mol. The smallest absolute Gasteiger partial charge is 0.421 e. The standard InChI is InChI=1S/C29H32F3N8O3P/c1-4-36-44-17-18-6-8-24(25(12-18)42-3)38-28-34-15-22(29(30,31)32)26(39-28)37-23-9-7-19(13-21(23)27(41)33-2)20-14-35-40(16-20)10-5-11-43-44/h6-9,12-16,36H,4-5,10-11,17H2,1-3H3,(H,33,41)(H2,34,37,38,39). The van der Waals surface area contributed by atoms with Crippen molar-refractivity contribution in [1.29, 1.82) is 0 Å². The van der Waals surface area contributed by atoms with Crippen LogP contribution in [0, 0.1) is 0 Å². The number of rotatable bonds is 4. The lowest BCUT2D eigenvalue weighted by molar-refractivity contribution is -0.137. The third-order valence-electron chi connectivity index (χ3n) is 6.76. The fourth-order valence-electron chi connectivity index (χ4n) is 4.61. The highest BCUT2D eigenvalue weighted by molar-refractivity contribution is 7.49. The molecule has 15 heteroatoms. The average molecular weight is 629 g/mol. The minimum absolute atomic E-state index is 0.0996. The van der Waals surface area contributed by atoms with Crippen molar-refractivity contribution in [3.63, 3.8) is 0 Å². The molecule has 0 radical (unpaired) electrons. The van der Waals surface area contributed by atoms with Crippen LogP contribution in [-0.2, 0) is 23.4 Å². The number of aromatic nitrogens is 4. The summed E-state index contributed by atoms with van der Waals surface area (Å²) in [5.41, 5.74) is 2.01. The summed E-state index contributed by atoms with van der Waals surface area (Å²) in [4.78, 5) is 21.0. The number of halogens is 3. The third-order valence-corrected chi connectivity index (χ3v) is 8.57. The molecule has 0 aliphatic carbocycles. The summed E-state index contributed by atoms with van der Waals surface area (Å²) in [6.07, 6.45) is 0.815. The Balaban J connectivity index is 1.60.